The number of carbonyl (C=O) groups excluding carboxylic acids is 1. The molecule has 7 nitrogen and oxygen atoms in total. The molecule has 1 saturated heterocycles. The van der Waals surface area contributed by atoms with Gasteiger partial charge in [-0.3, -0.25) is 4.79 Å². The van der Waals surface area contributed by atoms with Crippen LogP contribution in [0.1, 0.15) is 19.3 Å². The van der Waals surface area contributed by atoms with E-state index in [-0.39, 0.29) is 11.8 Å². The van der Waals surface area contributed by atoms with Crippen molar-refractivity contribution in [2.24, 2.45) is 5.92 Å². The molecule has 138 valence electrons. The predicted molar refractivity (Wildman–Crippen MR) is 107 cm³/mol. The predicted octanol–water partition coefficient (Wildman–Crippen LogP) is 2.88. The number of hydrogen-bond donors (Lipinski definition) is 3. The molecule has 1 atom stereocenters. The van der Waals surface area contributed by atoms with Crippen LogP contribution in [-0.4, -0.2) is 40.0 Å². The second kappa shape index (κ2) is 6.86. The van der Waals surface area contributed by atoms with Crippen LogP contribution in [0.3, 0.4) is 0 Å². The Morgan fingerprint density at radius 2 is 2.15 bits per heavy atom. The van der Waals surface area contributed by atoms with Crippen molar-refractivity contribution in [1.29, 1.82) is 0 Å². The third kappa shape index (κ3) is 3.50. The number of anilines is 2. The van der Waals surface area contributed by atoms with Gasteiger partial charge in [0.05, 0.1) is 10.2 Å². The molecule has 5 rings (SSSR count). The monoisotopic (exact) mass is 380 g/mol. The first kappa shape index (κ1) is 16.6. The van der Waals surface area contributed by atoms with Crippen molar-refractivity contribution in [3.05, 3.63) is 29.8 Å². The lowest BCUT2D eigenvalue weighted by molar-refractivity contribution is -0.117. The first-order valence-electron chi connectivity index (χ1n) is 9.26. The number of nitrogens with zero attached hydrogens (tertiary/aromatic N) is 3. The van der Waals surface area contributed by atoms with Gasteiger partial charge in [-0.2, -0.15) is 0 Å². The topological polar surface area (TPSA) is 91.8 Å². The quantitative estimate of drug-likeness (QED) is 0.630. The van der Waals surface area contributed by atoms with Gasteiger partial charge in [0.2, 0.25) is 5.91 Å². The highest BCUT2D eigenvalue weighted by Crippen LogP contribution is 2.32. The smallest absolute Gasteiger partial charge is 0.228 e. The fourth-order valence-electron chi connectivity index (χ4n) is 3.27. The molecular formula is C19H20N6OS. The maximum atomic E-state index is 12.0. The van der Waals surface area contributed by atoms with Gasteiger partial charge in [0, 0.05) is 30.3 Å². The van der Waals surface area contributed by atoms with Gasteiger partial charge in [0.25, 0.3) is 0 Å². The van der Waals surface area contributed by atoms with E-state index in [4.69, 9.17) is 9.97 Å². The molecule has 0 unspecified atom stereocenters. The molecule has 1 aliphatic heterocycles. The molecule has 2 aliphatic rings. The summed E-state index contributed by atoms with van der Waals surface area (Å²) < 4.78 is 1.07. The number of hydrogen-bond acceptors (Lipinski definition) is 7. The van der Waals surface area contributed by atoms with Crippen molar-refractivity contribution >= 4 is 39.1 Å². The van der Waals surface area contributed by atoms with E-state index in [1.165, 1.54) is 0 Å². The third-order valence-corrected chi connectivity index (χ3v) is 5.83. The lowest BCUT2D eigenvalue weighted by Gasteiger charge is -2.14. The SMILES string of the molecule is O=C(Nc1cc(-c2nc(N[C@@H]3CCNC3)c3sccc3n2)ccn1)C1CC1. The summed E-state index contributed by atoms with van der Waals surface area (Å²) in [6.45, 7) is 1.97. The first-order valence-corrected chi connectivity index (χ1v) is 10.1. The standard InChI is InChI=1S/C19H20N6OS/c26-19(11-1-2-11)24-15-9-12(3-7-21-15)17-23-14-5-8-27-16(14)18(25-17)22-13-4-6-20-10-13/h3,5,7-9,11,13,20H,1-2,4,6,10H2,(H,21,24,26)(H,22,23,25)/t13-/m1/s1. The van der Waals surface area contributed by atoms with Crippen molar-refractivity contribution in [2.75, 3.05) is 23.7 Å². The maximum Gasteiger partial charge on any atom is 0.228 e. The second-order valence-electron chi connectivity index (χ2n) is 7.06. The average Bonchev–Trinajstić information content (AvgIpc) is 3.20. The lowest BCUT2D eigenvalue weighted by Crippen LogP contribution is -2.22. The van der Waals surface area contributed by atoms with Crippen molar-refractivity contribution < 1.29 is 4.79 Å². The van der Waals surface area contributed by atoms with E-state index in [0.29, 0.717) is 17.7 Å². The molecule has 0 radical (unpaired) electrons. The summed E-state index contributed by atoms with van der Waals surface area (Å²) in [5, 5.41) is 11.9. The minimum Gasteiger partial charge on any atom is -0.365 e. The van der Waals surface area contributed by atoms with Gasteiger partial charge < -0.3 is 16.0 Å². The molecule has 1 saturated carbocycles. The van der Waals surface area contributed by atoms with E-state index in [0.717, 1.165) is 53.9 Å². The van der Waals surface area contributed by atoms with Crippen LogP contribution in [0, 0.1) is 5.92 Å². The van der Waals surface area contributed by atoms with Crippen LogP contribution in [0.2, 0.25) is 0 Å². The van der Waals surface area contributed by atoms with Crippen LogP contribution >= 0.6 is 11.3 Å². The number of thiophene rings is 1. The molecular weight excluding hydrogens is 360 g/mol. The Labute approximate surface area is 160 Å². The van der Waals surface area contributed by atoms with Crippen LogP contribution in [0.4, 0.5) is 11.6 Å². The van der Waals surface area contributed by atoms with E-state index in [1.807, 2.05) is 23.6 Å². The van der Waals surface area contributed by atoms with E-state index in [9.17, 15) is 4.79 Å². The lowest BCUT2D eigenvalue weighted by atomic mass is 10.2. The number of pyridine rings is 1. The van der Waals surface area contributed by atoms with E-state index in [2.05, 4.69) is 20.9 Å². The Kier molecular flexibility index (Phi) is 4.21. The molecule has 8 heteroatoms. The molecule has 2 fully saturated rings. The highest BCUT2D eigenvalue weighted by molar-refractivity contribution is 7.17. The van der Waals surface area contributed by atoms with Crippen molar-refractivity contribution in [3.8, 4) is 11.4 Å². The van der Waals surface area contributed by atoms with Gasteiger partial charge in [-0.15, -0.1) is 11.3 Å². The van der Waals surface area contributed by atoms with Crippen molar-refractivity contribution in [1.82, 2.24) is 20.3 Å². The van der Waals surface area contributed by atoms with Crippen LogP contribution in [-0.2, 0) is 4.79 Å². The Bertz CT molecular complexity index is 993. The highest BCUT2D eigenvalue weighted by Gasteiger charge is 2.29. The second-order valence-corrected chi connectivity index (χ2v) is 7.97. The molecule has 3 N–H and O–H groups in total. The summed E-state index contributed by atoms with van der Waals surface area (Å²) in [5.41, 5.74) is 1.77. The molecule has 1 aliphatic carbocycles. The first-order chi connectivity index (χ1) is 13.3. The van der Waals surface area contributed by atoms with Crippen LogP contribution in [0.25, 0.3) is 21.6 Å². The third-order valence-electron chi connectivity index (χ3n) is 4.92. The number of aromatic nitrogens is 3. The zero-order chi connectivity index (χ0) is 18.2. The Morgan fingerprint density at radius 3 is 2.96 bits per heavy atom. The van der Waals surface area contributed by atoms with Crippen LogP contribution in [0.15, 0.2) is 29.8 Å². The van der Waals surface area contributed by atoms with Gasteiger partial charge in [-0.1, -0.05) is 0 Å². The minimum atomic E-state index is 0.0462. The number of fused-ring (bicyclic) bond motifs is 1. The molecule has 27 heavy (non-hydrogen) atoms. The van der Waals surface area contributed by atoms with Crippen LogP contribution < -0.4 is 16.0 Å². The zero-order valence-electron chi connectivity index (χ0n) is 14.7. The summed E-state index contributed by atoms with van der Waals surface area (Å²) in [5.74, 6) is 2.25. The summed E-state index contributed by atoms with van der Waals surface area (Å²) >= 11 is 1.65. The maximum absolute atomic E-state index is 12.0. The van der Waals surface area contributed by atoms with Crippen molar-refractivity contribution in [2.45, 2.75) is 25.3 Å². The molecule has 0 bridgehead atoms. The summed E-state index contributed by atoms with van der Waals surface area (Å²) in [6, 6.07) is 6.11. The molecule has 3 aromatic rings. The van der Waals surface area contributed by atoms with Crippen LogP contribution in [0.5, 0.6) is 0 Å². The molecule has 4 heterocycles. The molecule has 0 aromatic carbocycles. The Balaban J connectivity index is 1.47. The molecule has 1 amide bonds. The number of amides is 1. The molecule has 3 aromatic heterocycles. The van der Waals surface area contributed by atoms with E-state index < -0.39 is 0 Å². The number of nitrogens with one attached hydrogen (secondary N) is 3. The Morgan fingerprint density at radius 1 is 1.22 bits per heavy atom. The largest absolute Gasteiger partial charge is 0.365 e. The summed E-state index contributed by atoms with van der Waals surface area (Å²) in [7, 11) is 0. The van der Waals surface area contributed by atoms with Gasteiger partial charge in [0.1, 0.15) is 11.6 Å². The fraction of sp³-hybridized carbons (Fsp3) is 0.368. The summed E-state index contributed by atoms with van der Waals surface area (Å²) in [6.07, 6.45) is 4.70. The van der Waals surface area contributed by atoms with Gasteiger partial charge >= 0.3 is 0 Å². The number of rotatable bonds is 5. The van der Waals surface area contributed by atoms with Gasteiger partial charge in [0.15, 0.2) is 5.82 Å². The van der Waals surface area contributed by atoms with Gasteiger partial charge in [-0.25, -0.2) is 15.0 Å². The minimum absolute atomic E-state index is 0.0462. The normalized spacial score (nSPS) is 19.3. The number of carbonyl (C=O) groups is 1. The van der Waals surface area contributed by atoms with E-state index in [1.54, 1.807) is 17.5 Å². The Hall–Kier alpha value is -2.58. The average molecular weight is 380 g/mol. The zero-order valence-corrected chi connectivity index (χ0v) is 15.6. The van der Waals surface area contributed by atoms with E-state index >= 15 is 0 Å². The molecule has 0 spiro atoms. The van der Waals surface area contributed by atoms with Gasteiger partial charge in [-0.05, 0) is 49.4 Å². The fourth-order valence-corrected chi connectivity index (χ4v) is 4.06. The summed E-state index contributed by atoms with van der Waals surface area (Å²) in [4.78, 5) is 25.8. The highest BCUT2D eigenvalue weighted by atomic mass is 32.1. The van der Waals surface area contributed by atoms with Crippen molar-refractivity contribution in [3.63, 3.8) is 0 Å².